The Bertz CT molecular complexity index is 482. The molecule has 1 aromatic carbocycles. The Kier molecular flexibility index (Phi) is 4.19. The van der Waals surface area contributed by atoms with Crippen LogP contribution in [0.3, 0.4) is 0 Å². The van der Waals surface area contributed by atoms with Gasteiger partial charge in [-0.05, 0) is 29.9 Å². The number of para-hydroxylation sites is 1. The molecule has 0 heterocycles. The molecule has 0 atom stereocenters. The lowest BCUT2D eigenvalue weighted by Gasteiger charge is -2.28. The molecule has 110 valence electrons. The Balaban J connectivity index is 2.24. The number of nitrogens with one attached hydrogen (secondary N) is 1. The second-order valence-electron chi connectivity index (χ2n) is 6.94. The van der Waals surface area contributed by atoms with Crippen molar-refractivity contribution in [3.05, 3.63) is 29.8 Å². The fourth-order valence-corrected chi connectivity index (χ4v) is 3.08. The summed E-state index contributed by atoms with van der Waals surface area (Å²) in [6.07, 6.45) is 4.02. The Labute approximate surface area is 121 Å². The van der Waals surface area contributed by atoms with Crippen molar-refractivity contribution in [3.8, 4) is 0 Å². The highest BCUT2D eigenvalue weighted by Gasteiger charge is 2.40. The summed E-state index contributed by atoms with van der Waals surface area (Å²) >= 11 is 0. The molecule has 0 bridgehead atoms. The highest BCUT2D eigenvalue weighted by atomic mass is 16.2. The Morgan fingerprint density at radius 1 is 1.25 bits per heavy atom. The van der Waals surface area contributed by atoms with E-state index in [0.29, 0.717) is 6.54 Å². The van der Waals surface area contributed by atoms with E-state index in [4.69, 9.17) is 5.73 Å². The van der Waals surface area contributed by atoms with E-state index in [1.165, 1.54) is 5.56 Å². The van der Waals surface area contributed by atoms with Crippen LogP contribution in [-0.2, 0) is 10.2 Å². The van der Waals surface area contributed by atoms with Crippen LogP contribution in [0.15, 0.2) is 24.3 Å². The summed E-state index contributed by atoms with van der Waals surface area (Å²) in [4.78, 5) is 12.7. The van der Waals surface area contributed by atoms with Gasteiger partial charge < -0.3 is 11.1 Å². The topological polar surface area (TPSA) is 55.1 Å². The second kappa shape index (κ2) is 5.57. The summed E-state index contributed by atoms with van der Waals surface area (Å²) in [5.74, 6) is 0.0919. The molecule has 0 aromatic heterocycles. The van der Waals surface area contributed by atoms with Crippen LogP contribution in [-0.4, -0.2) is 12.5 Å². The standard InChI is InChI=1S/C17H26N2O/c1-16(2,3)13-8-4-5-9-14(13)19-15(20)17(12-18)10-6-7-11-17/h4-5,8-9H,6-7,10-12,18H2,1-3H3,(H,19,20). The first-order valence-corrected chi connectivity index (χ1v) is 7.50. The molecule has 3 N–H and O–H groups in total. The van der Waals surface area contributed by atoms with Crippen LogP contribution in [0.2, 0.25) is 0 Å². The maximum atomic E-state index is 12.7. The van der Waals surface area contributed by atoms with E-state index in [2.05, 4.69) is 32.2 Å². The van der Waals surface area contributed by atoms with Gasteiger partial charge in [0.05, 0.1) is 5.41 Å². The Morgan fingerprint density at radius 3 is 2.40 bits per heavy atom. The van der Waals surface area contributed by atoms with Gasteiger partial charge in [0, 0.05) is 12.2 Å². The number of carbonyl (C=O) groups is 1. The van der Waals surface area contributed by atoms with Crippen molar-refractivity contribution in [1.82, 2.24) is 0 Å². The number of anilines is 1. The van der Waals surface area contributed by atoms with E-state index in [-0.39, 0.29) is 16.7 Å². The van der Waals surface area contributed by atoms with E-state index in [0.717, 1.165) is 31.4 Å². The van der Waals surface area contributed by atoms with E-state index < -0.39 is 0 Å². The zero-order valence-electron chi connectivity index (χ0n) is 12.8. The molecule has 3 heteroatoms. The minimum absolute atomic E-state index is 0.00935. The normalized spacial score (nSPS) is 18.0. The lowest BCUT2D eigenvalue weighted by Crippen LogP contribution is -2.40. The molecule has 0 saturated heterocycles. The molecule has 2 rings (SSSR count). The van der Waals surface area contributed by atoms with Gasteiger partial charge in [-0.2, -0.15) is 0 Å². The summed E-state index contributed by atoms with van der Waals surface area (Å²) in [6.45, 7) is 6.92. The smallest absolute Gasteiger partial charge is 0.231 e. The van der Waals surface area contributed by atoms with Gasteiger partial charge in [0.25, 0.3) is 0 Å². The minimum atomic E-state index is -0.356. The van der Waals surface area contributed by atoms with E-state index in [1.807, 2.05) is 18.2 Å². The van der Waals surface area contributed by atoms with Gasteiger partial charge in [0.2, 0.25) is 5.91 Å². The molecular weight excluding hydrogens is 248 g/mol. The number of benzene rings is 1. The van der Waals surface area contributed by atoms with Gasteiger partial charge in [0.15, 0.2) is 0 Å². The maximum Gasteiger partial charge on any atom is 0.231 e. The lowest BCUT2D eigenvalue weighted by molar-refractivity contribution is -0.124. The molecule has 1 fully saturated rings. The number of carbonyl (C=O) groups excluding carboxylic acids is 1. The number of hydrogen-bond acceptors (Lipinski definition) is 2. The van der Waals surface area contributed by atoms with E-state index in [1.54, 1.807) is 0 Å². The molecule has 0 radical (unpaired) electrons. The van der Waals surface area contributed by atoms with Crippen molar-refractivity contribution in [2.75, 3.05) is 11.9 Å². The van der Waals surface area contributed by atoms with Crippen LogP contribution in [0.1, 0.15) is 52.0 Å². The third kappa shape index (κ3) is 2.88. The highest BCUT2D eigenvalue weighted by molar-refractivity contribution is 5.96. The highest BCUT2D eigenvalue weighted by Crippen LogP contribution is 2.39. The van der Waals surface area contributed by atoms with E-state index in [9.17, 15) is 4.79 Å². The van der Waals surface area contributed by atoms with E-state index >= 15 is 0 Å². The van der Waals surface area contributed by atoms with Gasteiger partial charge in [-0.15, -0.1) is 0 Å². The molecule has 1 aliphatic carbocycles. The second-order valence-corrected chi connectivity index (χ2v) is 6.94. The Hall–Kier alpha value is -1.35. The predicted octanol–water partition coefficient (Wildman–Crippen LogP) is 3.44. The Morgan fingerprint density at radius 2 is 1.85 bits per heavy atom. The molecule has 0 unspecified atom stereocenters. The van der Waals surface area contributed by atoms with Crippen LogP contribution in [0.4, 0.5) is 5.69 Å². The van der Waals surface area contributed by atoms with Crippen LogP contribution in [0.5, 0.6) is 0 Å². The zero-order valence-corrected chi connectivity index (χ0v) is 12.8. The van der Waals surface area contributed by atoms with Crippen LogP contribution in [0, 0.1) is 5.41 Å². The number of hydrogen-bond donors (Lipinski definition) is 2. The van der Waals surface area contributed by atoms with Crippen LogP contribution in [0.25, 0.3) is 0 Å². The maximum absolute atomic E-state index is 12.7. The van der Waals surface area contributed by atoms with Gasteiger partial charge >= 0.3 is 0 Å². The summed E-state index contributed by atoms with van der Waals surface area (Å²) in [5, 5.41) is 3.13. The third-order valence-electron chi connectivity index (χ3n) is 4.42. The number of nitrogens with two attached hydrogens (primary N) is 1. The molecule has 1 amide bonds. The first-order valence-electron chi connectivity index (χ1n) is 7.50. The molecule has 3 nitrogen and oxygen atoms in total. The first-order chi connectivity index (χ1) is 9.39. The molecule has 1 aliphatic rings. The molecule has 1 aromatic rings. The van der Waals surface area contributed by atoms with Gasteiger partial charge in [0.1, 0.15) is 0 Å². The fraction of sp³-hybridized carbons (Fsp3) is 0.588. The summed E-state index contributed by atoms with van der Waals surface area (Å²) in [6, 6.07) is 8.05. The average molecular weight is 274 g/mol. The first kappa shape index (κ1) is 15.0. The summed E-state index contributed by atoms with van der Waals surface area (Å²) in [5.41, 5.74) is 7.63. The van der Waals surface area contributed by atoms with Gasteiger partial charge in [-0.3, -0.25) is 4.79 Å². The largest absolute Gasteiger partial charge is 0.329 e. The van der Waals surface area contributed by atoms with Crippen molar-refractivity contribution in [2.45, 2.75) is 51.9 Å². The summed E-state index contributed by atoms with van der Waals surface area (Å²) in [7, 11) is 0. The number of amides is 1. The fourth-order valence-electron chi connectivity index (χ4n) is 3.08. The molecule has 20 heavy (non-hydrogen) atoms. The minimum Gasteiger partial charge on any atom is -0.329 e. The molecular formula is C17H26N2O. The lowest BCUT2D eigenvalue weighted by atomic mass is 9.83. The quantitative estimate of drug-likeness (QED) is 0.887. The van der Waals surface area contributed by atoms with Crippen molar-refractivity contribution in [2.24, 2.45) is 11.1 Å². The average Bonchev–Trinajstić information content (AvgIpc) is 2.88. The van der Waals surface area contributed by atoms with Gasteiger partial charge in [-0.1, -0.05) is 51.8 Å². The molecule has 1 saturated carbocycles. The van der Waals surface area contributed by atoms with Crippen LogP contribution >= 0.6 is 0 Å². The predicted molar refractivity (Wildman–Crippen MR) is 83.7 cm³/mol. The van der Waals surface area contributed by atoms with Crippen molar-refractivity contribution < 1.29 is 4.79 Å². The number of rotatable bonds is 3. The monoisotopic (exact) mass is 274 g/mol. The third-order valence-corrected chi connectivity index (χ3v) is 4.42. The van der Waals surface area contributed by atoms with Crippen molar-refractivity contribution in [1.29, 1.82) is 0 Å². The van der Waals surface area contributed by atoms with Crippen molar-refractivity contribution in [3.63, 3.8) is 0 Å². The molecule has 0 aliphatic heterocycles. The SMILES string of the molecule is CC(C)(C)c1ccccc1NC(=O)C1(CN)CCCC1. The van der Waals surface area contributed by atoms with Crippen LogP contribution < -0.4 is 11.1 Å². The molecule has 0 spiro atoms. The summed E-state index contributed by atoms with van der Waals surface area (Å²) < 4.78 is 0. The zero-order chi connectivity index (χ0) is 14.8. The van der Waals surface area contributed by atoms with Gasteiger partial charge in [-0.25, -0.2) is 0 Å². The van der Waals surface area contributed by atoms with Crippen molar-refractivity contribution >= 4 is 11.6 Å².